The highest BCUT2D eigenvalue weighted by Crippen LogP contribution is 2.34. The molecule has 2 aromatic rings. The van der Waals surface area contributed by atoms with Gasteiger partial charge in [-0.1, -0.05) is 11.6 Å². The van der Waals surface area contributed by atoms with E-state index in [1.807, 2.05) is 13.8 Å². The van der Waals surface area contributed by atoms with Gasteiger partial charge in [0.1, 0.15) is 6.54 Å². The van der Waals surface area contributed by atoms with Crippen LogP contribution in [0.15, 0.2) is 12.1 Å². The van der Waals surface area contributed by atoms with Crippen LogP contribution in [0.1, 0.15) is 66.3 Å². The zero-order chi connectivity index (χ0) is 25.6. The number of hydrogen-bond acceptors (Lipinski definition) is 4. The van der Waals surface area contributed by atoms with Crippen LogP contribution in [0.3, 0.4) is 0 Å². The molecule has 1 aromatic carbocycles. The average Bonchev–Trinajstić information content (AvgIpc) is 3.44. The van der Waals surface area contributed by atoms with Crippen LogP contribution in [0.5, 0.6) is 0 Å². The molecule has 0 saturated carbocycles. The number of carbonyl (C=O) groups excluding carboxylic acids is 2. The van der Waals surface area contributed by atoms with Gasteiger partial charge in [0, 0.05) is 42.5 Å². The first-order valence-corrected chi connectivity index (χ1v) is 13.0. The van der Waals surface area contributed by atoms with E-state index in [0.29, 0.717) is 50.3 Å². The number of ether oxygens (including phenoxy) is 1. The minimum Gasteiger partial charge on any atom is -0.372 e. The standard InChI is InChI=1S/C26H31ClF2N4O3/c1-15-12-32(13-16(2)36-15)26(35)25-18-4-3-5-23(18)33(30-25)14-24(34)31-8-6-17(7-9-31)19-10-21(28)22(29)11-20(19)27/h10-11,15-17H,3-9,12-14H2,1-2H3/t15-,16+. The molecule has 2 aliphatic heterocycles. The van der Waals surface area contributed by atoms with E-state index < -0.39 is 11.6 Å². The Morgan fingerprint density at radius 3 is 2.42 bits per heavy atom. The van der Waals surface area contributed by atoms with Gasteiger partial charge in [-0.05, 0) is 69.6 Å². The highest BCUT2D eigenvalue weighted by molar-refractivity contribution is 6.31. The largest absolute Gasteiger partial charge is 0.372 e. The smallest absolute Gasteiger partial charge is 0.274 e. The number of amides is 2. The third-order valence-corrected chi connectivity index (χ3v) is 7.86. The Balaban J connectivity index is 1.26. The Morgan fingerprint density at radius 1 is 1.06 bits per heavy atom. The molecule has 1 aliphatic carbocycles. The number of nitrogens with zero attached hydrogens (tertiary/aromatic N) is 4. The van der Waals surface area contributed by atoms with Crippen molar-refractivity contribution in [2.75, 3.05) is 26.2 Å². The van der Waals surface area contributed by atoms with Crippen molar-refractivity contribution >= 4 is 23.4 Å². The molecule has 10 heteroatoms. The molecule has 2 fully saturated rings. The maximum absolute atomic E-state index is 13.7. The zero-order valence-corrected chi connectivity index (χ0v) is 21.4. The Labute approximate surface area is 214 Å². The predicted octanol–water partition coefficient (Wildman–Crippen LogP) is 3.96. The van der Waals surface area contributed by atoms with Crippen LogP contribution < -0.4 is 0 Å². The molecule has 2 atom stereocenters. The summed E-state index contributed by atoms with van der Waals surface area (Å²) in [5.41, 5.74) is 2.99. The lowest BCUT2D eigenvalue weighted by molar-refractivity contribution is -0.133. The molecule has 0 bridgehead atoms. The molecule has 36 heavy (non-hydrogen) atoms. The Bertz CT molecular complexity index is 1170. The maximum atomic E-state index is 13.7. The van der Waals surface area contributed by atoms with Crippen molar-refractivity contribution in [2.45, 2.75) is 70.6 Å². The monoisotopic (exact) mass is 520 g/mol. The topological polar surface area (TPSA) is 67.7 Å². The van der Waals surface area contributed by atoms with E-state index in [2.05, 4.69) is 5.10 Å². The summed E-state index contributed by atoms with van der Waals surface area (Å²) in [5, 5.41) is 4.84. The third kappa shape index (κ3) is 4.87. The van der Waals surface area contributed by atoms with Gasteiger partial charge in [-0.25, -0.2) is 8.78 Å². The fraction of sp³-hybridized carbons (Fsp3) is 0.577. The summed E-state index contributed by atoms with van der Waals surface area (Å²) in [5.74, 6) is -2.06. The highest BCUT2D eigenvalue weighted by atomic mass is 35.5. The summed E-state index contributed by atoms with van der Waals surface area (Å²) in [4.78, 5) is 30.1. The lowest BCUT2D eigenvalue weighted by atomic mass is 9.89. The van der Waals surface area contributed by atoms with Crippen molar-refractivity contribution in [2.24, 2.45) is 0 Å². The predicted molar refractivity (Wildman–Crippen MR) is 130 cm³/mol. The molecule has 0 radical (unpaired) electrons. The van der Waals surface area contributed by atoms with Crippen LogP contribution in [0.4, 0.5) is 8.78 Å². The van der Waals surface area contributed by atoms with Crippen LogP contribution in [0.25, 0.3) is 0 Å². The first-order chi connectivity index (χ1) is 17.2. The van der Waals surface area contributed by atoms with Gasteiger partial charge < -0.3 is 14.5 Å². The van der Waals surface area contributed by atoms with Crippen molar-refractivity contribution in [3.05, 3.63) is 51.3 Å². The lowest BCUT2D eigenvalue weighted by Crippen LogP contribution is -2.48. The Kier molecular flexibility index (Phi) is 7.05. The molecule has 0 spiro atoms. The minimum absolute atomic E-state index is 0.0291. The van der Waals surface area contributed by atoms with Gasteiger partial charge in [0.15, 0.2) is 17.3 Å². The molecular formula is C26H31ClF2N4O3. The minimum atomic E-state index is -0.960. The van der Waals surface area contributed by atoms with Crippen LogP contribution in [-0.4, -0.2) is 69.8 Å². The molecule has 194 valence electrons. The number of likely N-dealkylation sites (tertiary alicyclic amines) is 1. The first kappa shape index (κ1) is 25.1. The van der Waals surface area contributed by atoms with E-state index in [0.717, 1.165) is 36.6 Å². The second kappa shape index (κ2) is 10.1. The number of piperidine rings is 1. The Morgan fingerprint density at radius 2 is 1.72 bits per heavy atom. The summed E-state index contributed by atoms with van der Waals surface area (Å²) in [6.45, 7) is 6.06. The van der Waals surface area contributed by atoms with E-state index in [-0.39, 0.29) is 41.5 Å². The average molecular weight is 521 g/mol. The second-order valence-electron chi connectivity index (χ2n) is 10.2. The van der Waals surface area contributed by atoms with E-state index in [1.165, 1.54) is 6.07 Å². The number of aromatic nitrogens is 2. The summed E-state index contributed by atoms with van der Waals surface area (Å²) in [6, 6.07) is 2.18. The highest BCUT2D eigenvalue weighted by Gasteiger charge is 2.34. The summed E-state index contributed by atoms with van der Waals surface area (Å²) in [6.07, 6.45) is 3.71. The fourth-order valence-electron chi connectivity index (χ4n) is 5.82. The second-order valence-corrected chi connectivity index (χ2v) is 10.6. The van der Waals surface area contributed by atoms with Gasteiger partial charge in [-0.3, -0.25) is 14.3 Å². The molecule has 2 amide bonds. The number of carbonyl (C=O) groups is 2. The van der Waals surface area contributed by atoms with Crippen LogP contribution in [0.2, 0.25) is 5.02 Å². The number of rotatable bonds is 4. The fourth-order valence-corrected chi connectivity index (χ4v) is 6.13. The summed E-state index contributed by atoms with van der Waals surface area (Å²) >= 11 is 6.16. The number of hydrogen-bond donors (Lipinski definition) is 0. The van der Waals surface area contributed by atoms with Gasteiger partial charge in [0.25, 0.3) is 5.91 Å². The summed E-state index contributed by atoms with van der Waals surface area (Å²) in [7, 11) is 0. The molecule has 0 unspecified atom stereocenters. The third-order valence-electron chi connectivity index (χ3n) is 7.53. The van der Waals surface area contributed by atoms with Gasteiger partial charge >= 0.3 is 0 Å². The molecule has 3 heterocycles. The van der Waals surface area contributed by atoms with E-state index >= 15 is 0 Å². The van der Waals surface area contributed by atoms with Crippen molar-refractivity contribution in [3.63, 3.8) is 0 Å². The van der Waals surface area contributed by atoms with E-state index in [1.54, 1.807) is 14.5 Å². The van der Waals surface area contributed by atoms with Crippen LogP contribution in [-0.2, 0) is 28.9 Å². The lowest BCUT2D eigenvalue weighted by Gasteiger charge is -2.35. The molecule has 1 aromatic heterocycles. The van der Waals surface area contributed by atoms with E-state index in [4.69, 9.17) is 16.3 Å². The SMILES string of the molecule is C[C@@H]1CN(C(=O)c2nn(CC(=O)N3CCC(c4cc(F)c(F)cc4Cl)CC3)c3c2CCC3)C[C@H](C)O1. The van der Waals surface area contributed by atoms with Crippen molar-refractivity contribution in [3.8, 4) is 0 Å². The molecule has 3 aliphatic rings. The molecular weight excluding hydrogens is 490 g/mol. The molecule has 0 N–H and O–H groups in total. The molecule has 2 saturated heterocycles. The van der Waals surface area contributed by atoms with E-state index in [9.17, 15) is 18.4 Å². The van der Waals surface area contributed by atoms with Gasteiger partial charge in [-0.2, -0.15) is 5.10 Å². The van der Waals surface area contributed by atoms with Gasteiger partial charge in [0.05, 0.1) is 12.2 Å². The molecule has 7 nitrogen and oxygen atoms in total. The van der Waals surface area contributed by atoms with Crippen molar-refractivity contribution in [1.29, 1.82) is 0 Å². The number of fused-ring (bicyclic) bond motifs is 1. The normalized spacial score (nSPS) is 22.7. The number of halogens is 3. The maximum Gasteiger partial charge on any atom is 0.274 e. The van der Waals surface area contributed by atoms with Crippen molar-refractivity contribution < 1.29 is 23.1 Å². The first-order valence-electron chi connectivity index (χ1n) is 12.7. The number of benzene rings is 1. The summed E-state index contributed by atoms with van der Waals surface area (Å²) < 4.78 is 34.7. The molecule has 5 rings (SSSR count). The number of morpholine rings is 1. The van der Waals surface area contributed by atoms with Crippen LogP contribution >= 0.6 is 11.6 Å². The van der Waals surface area contributed by atoms with Crippen LogP contribution in [0, 0.1) is 11.6 Å². The zero-order valence-electron chi connectivity index (χ0n) is 20.6. The van der Waals surface area contributed by atoms with Crippen molar-refractivity contribution in [1.82, 2.24) is 19.6 Å². The van der Waals surface area contributed by atoms with Gasteiger partial charge in [0.2, 0.25) is 5.91 Å². The quantitative estimate of drug-likeness (QED) is 0.572. The Hall–Kier alpha value is -2.52. The van der Waals surface area contributed by atoms with Gasteiger partial charge in [-0.15, -0.1) is 0 Å².